The first kappa shape index (κ1) is 17.3. The molecule has 7 heteroatoms. The minimum absolute atomic E-state index is 0.146. The number of aliphatic hydroxyl groups is 1. The molecule has 1 saturated heterocycles. The van der Waals surface area contributed by atoms with E-state index < -0.39 is 18.1 Å². The molecule has 0 aromatic carbocycles. The molecule has 7 nitrogen and oxygen atoms in total. The fourth-order valence-electron chi connectivity index (χ4n) is 1.93. The topological polar surface area (TPSA) is 86.3 Å². The molecule has 1 fully saturated rings. The average molecular weight is 291 g/mol. The highest BCUT2D eigenvalue weighted by atomic mass is 16.7. The average Bonchev–Trinajstić information content (AvgIpc) is 2.38. The van der Waals surface area contributed by atoms with Gasteiger partial charge in [0.1, 0.15) is 12.3 Å². The Morgan fingerprint density at radius 2 is 2.20 bits per heavy atom. The fraction of sp³-hybridized carbons (Fsp3) is 0.923. The maximum atomic E-state index is 11.1. The maximum absolute atomic E-state index is 11.1. The standard InChI is InChI=1S/C13H25NO6/c1-9-10(7-15)19-11(8-18-13(2,3)20-9)14-6-5-12(16)17-4/h9-11,14-15H,5-8H2,1-4H3/t9-,10+,11+/m0/s1. The third kappa shape index (κ3) is 5.72. The van der Waals surface area contributed by atoms with Crippen LogP contribution in [-0.2, 0) is 23.7 Å². The summed E-state index contributed by atoms with van der Waals surface area (Å²) in [6, 6.07) is 0. The van der Waals surface area contributed by atoms with Gasteiger partial charge in [-0.15, -0.1) is 0 Å². The minimum Gasteiger partial charge on any atom is -0.469 e. The maximum Gasteiger partial charge on any atom is 0.306 e. The molecule has 118 valence electrons. The van der Waals surface area contributed by atoms with Gasteiger partial charge in [-0.25, -0.2) is 0 Å². The van der Waals surface area contributed by atoms with Gasteiger partial charge in [-0.2, -0.15) is 0 Å². The summed E-state index contributed by atoms with van der Waals surface area (Å²) in [7, 11) is 1.35. The van der Waals surface area contributed by atoms with Crippen molar-refractivity contribution in [2.75, 3.05) is 26.9 Å². The van der Waals surface area contributed by atoms with Gasteiger partial charge in [-0.1, -0.05) is 0 Å². The molecule has 0 saturated carbocycles. The third-order valence-electron chi connectivity index (χ3n) is 3.02. The van der Waals surface area contributed by atoms with Crippen molar-refractivity contribution in [3.05, 3.63) is 0 Å². The predicted octanol–water partition coefficient (Wildman–Crippen LogP) is 0.0141. The lowest BCUT2D eigenvalue weighted by atomic mass is 10.2. The Bertz CT molecular complexity index is 309. The van der Waals surface area contributed by atoms with E-state index in [1.165, 1.54) is 7.11 Å². The van der Waals surface area contributed by atoms with Gasteiger partial charge in [-0.3, -0.25) is 10.1 Å². The summed E-state index contributed by atoms with van der Waals surface area (Å²) in [6.45, 7) is 5.98. The largest absolute Gasteiger partial charge is 0.469 e. The molecular formula is C13H25NO6. The first-order chi connectivity index (χ1) is 9.38. The summed E-state index contributed by atoms with van der Waals surface area (Å²) in [5.41, 5.74) is 0. The number of carbonyl (C=O) groups excluding carboxylic acids is 1. The van der Waals surface area contributed by atoms with E-state index in [2.05, 4.69) is 10.1 Å². The van der Waals surface area contributed by atoms with Gasteiger partial charge < -0.3 is 24.1 Å². The molecule has 0 radical (unpaired) electrons. The first-order valence-corrected chi connectivity index (χ1v) is 6.76. The number of rotatable bonds is 5. The van der Waals surface area contributed by atoms with Crippen molar-refractivity contribution in [3.63, 3.8) is 0 Å². The molecular weight excluding hydrogens is 266 g/mol. The van der Waals surface area contributed by atoms with E-state index in [4.69, 9.17) is 14.2 Å². The predicted molar refractivity (Wildman–Crippen MR) is 71.0 cm³/mol. The van der Waals surface area contributed by atoms with E-state index >= 15 is 0 Å². The summed E-state index contributed by atoms with van der Waals surface area (Å²) >= 11 is 0. The third-order valence-corrected chi connectivity index (χ3v) is 3.02. The number of nitrogens with one attached hydrogen (secondary N) is 1. The van der Waals surface area contributed by atoms with Gasteiger partial charge in [0.2, 0.25) is 0 Å². The Labute approximate surface area is 119 Å². The van der Waals surface area contributed by atoms with Crippen LogP contribution >= 0.6 is 0 Å². The Morgan fingerprint density at radius 1 is 1.50 bits per heavy atom. The van der Waals surface area contributed by atoms with Crippen molar-refractivity contribution in [2.24, 2.45) is 0 Å². The molecule has 0 aromatic heterocycles. The van der Waals surface area contributed by atoms with E-state index in [1.54, 1.807) is 0 Å². The Kier molecular flexibility index (Phi) is 6.84. The quantitative estimate of drug-likeness (QED) is 0.690. The molecule has 1 rings (SSSR count). The van der Waals surface area contributed by atoms with Crippen LogP contribution in [-0.4, -0.2) is 62.2 Å². The van der Waals surface area contributed by atoms with Crippen molar-refractivity contribution < 1.29 is 28.8 Å². The molecule has 0 spiro atoms. The first-order valence-electron chi connectivity index (χ1n) is 6.76. The summed E-state index contributed by atoms with van der Waals surface area (Å²) in [5.74, 6) is -1.04. The molecule has 0 bridgehead atoms. The van der Waals surface area contributed by atoms with Crippen LogP contribution in [0.2, 0.25) is 0 Å². The van der Waals surface area contributed by atoms with Gasteiger partial charge in [0, 0.05) is 6.54 Å². The molecule has 0 aromatic rings. The summed E-state index contributed by atoms with van der Waals surface area (Å²) in [5, 5.41) is 12.4. The molecule has 1 aliphatic rings. The van der Waals surface area contributed by atoms with Crippen molar-refractivity contribution in [3.8, 4) is 0 Å². The highest BCUT2D eigenvalue weighted by molar-refractivity contribution is 5.69. The molecule has 0 amide bonds. The molecule has 0 unspecified atom stereocenters. The number of hydrogen-bond acceptors (Lipinski definition) is 7. The summed E-state index contributed by atoms with van der Waals surface area (Å²) in [6.07, 6.45) is -0.924. The molecule has 0 aliphatic carbocycles. The highest BCUT2D eigenvalue weighted by Crippen LogP contribution is 2.21. The van der Waals surface area contributed by atoms with Crippen molar-refractivity contribution in [1.82, 2.24) is 5.32 Å². The van der Waals surface area contributed by atoms with Gasteiger partial charge in [-0.05, 0) is 20.8 Å². The number of aliphatic hydroxyl groups excluding tert-OH is 1. The van der Waals surface area contributed by atoms with Gasteiger partial charge in [0.05, 0.1) is 32.8 Å². The smallest absolute Gasteiger partial charge is 0.306 e. The second kappa shape index (κ2) is 7.90. The Hall–Kier alpha value is -0.730. The lowest BCUT2D eigenvalue weighted by Gasteiger charge is -2.38. The zero-order valence-electron chi connectivity index (χ0n) is 12.5. The van der Waals surface area contributed by atoms with Crippen LogP contribution in [0.3, 0.4) is 0 Å². The number of carbonyl (C=O) groups is 1. The van der Waals surface area contributed by atoms with Crippen LogP contribution in [0.25, 0.3) is 0 Å². The van der Waals surface area contributed by atoms with Crippen molar-refractivity contribution >= 4 is 5.97 Å². The fourth-order valence-corrected chi connectivity index (χ4v) is 1.93. The molecule has 20 heavy (non-hydrogen) atoms. The van der Waals surface area contributed by atoms with Crippen LogP contribution in [0.4, 0.5) is 0 Å². The van der Waals surface area contributed by atoms with E-state index in [-0.39, 0.29) is 31.7 Å². The minimum atomic E-state index is -0.751. The van der Waals surface area contributed by atoms with Gasteiger partial charge in [0.25, 0.3) is 0 Å². The Morgan fingerprint density at radius 3 is 2.80 bits per heavy atom. The second-order valence-electron chi connectivity index (χ2n) is 5.16. The van der Waals surface area contributed by atoms with Crippen LogP contribution in [0, 0.1) is 0 Å². The monoisotopic (exact) mass is 291 g/mol. The summed E-state index contributed by atoms with van der Waals surface area (Å²) in [4.78, 5) is 11.1. The lowest BCUT2D eigenvalue weighted by molar-refractivity contribution is -0.295. The zero-order chi connectivity index (χ0) is 15.2. The highest BCUT2D eigenvalue weighted by Gasteiger charge is 2.33. The zero-order valence-corrected chi connectivity index (χ0v) is 12.5. The van der Waals surface area contributed by atoms with E-state index in [9.17, 15) is 9.90 Å². The molecule has 1 aliphatic heterocycles. The SMILES string of the molecule is COC(=O)CCN[C@H]1COC(C)(C)O[C@@H](C)[C@@H](CO)O1. The Balaban J connectivity index is 2.54. The summed E-state index contributed by atoms with van der Waals surface area (Å²) < 4.78 is 21.6. The van der Waals surface area contributed by atoms with Crippen LogP contribution in [0.5, 0.6) is 0 Å². The van der Waals surface area contributed by atoms with Gasteiger partial charge in [0.15, 0.2) is 5.79 Å². The van der Waals surface area contributed by atoms with Crippen LogP contribution in [0.1, 0.15) is 27.2 Å². The normalized spacial score (nSPS) is 30.4. The van der Waals surface area contributed by atoms with Crippen LogP contribution < -0.4 is 5.32 Å². The lowest BCUT2D eigenvalue weighted by Crippen LogP contribution is -2.51. The van der Waals surface area contributed by atoms with E-state index in [1.807, 2.05) is 20.8 Å². The van der Waals surface area contributed by atoms with Crippen LogP contribution in [0.15, 0.2) is 0 Å². The van der Waals surface area contributed by atoms with E-state index in [0.29, 0.717) is 6.54 Å². The second-order valence-corrected chi connectivity index (χ2v) is 5.16. The van der Waals surface area contributed by atoms with Gasteiger partial charge >= 0.3 is 5.97 Å². The van der Waals surface area contributed by atoms with E-state index in [0.717, 1.165) is 0 Å². The van der Waals surface area contributed by atoms with Crippen molar-refractivity contribution in [1.29, 1.82) is 0 Å². The number of esters is 1. The molecule has 2 N–H and O–H groups in total. The molecule has 3 atom stereocenters. The molecule has 1 heterocycles. The number of hydrogen-bond donors (Lipinski definition) is 2. The number of methoxy groups -OCH3 is 1. The number of ether oxygens (including phenoxy) is 4. The van der Waals surface area contributed by atoms with Crippen molar-refractivity contribution in [2.45, 2.75) is 51.4 Å².